The molecule has 0 aliphatic carbocycles. The van der Waals surface area contributed by atoms with Gasteiger partial charge in [0.05, 0.1) is 6.42 Å². The second-order valence-electron chi connectivity index (χ2n) is 5.92. The number of nitrogens with zero attached hydrogens (tertiary/aromatic N) is 2. The Hall–Kier alpha value is -1.81. The van der Waals surface area contributed by atoms with Crippen molar-refractivity contribution in [1.82, 2.24) is 14.8 Å². The van der Waals surface area contributed by atoms with Gasteiger partial charge >= 0.3 is 0 Å². The predicted octanol–water partition coefficient (Wildman–Crippen LogP) is 2.26. The van der Waals surface area contributed by atoms with Crippen LogP contribution in [-0.4, -0.2) is 53.4 Å². The summed E-state index contributed by atoms with van der Waals surface area (Å²) >= 11 is 0. The first-order valence-corrected chi connectivity index (χ1v) is 7.72. The number of aromatic nitrogens is 1. The number of para-hydroxylation sites is 1. The van der Waals surface area contributed by atoms with Gasteiger partial charge in [-0.25, -0.2) is 0 Å². The third-order valence-corrected chi connectivity index (χ3v) is 4.62. The maximum Gasteiger partial charge on any atom is 0.227 e. The van der Waals surface area contributed by atoms with E-state index in [2.05, 4.69) is 29.9 Å². The van der Waals surface area contributed by atoms with Crippen molar-refractivity contribution in [2.45, 2.75) is 25.8 Å². The molecule has 1 unspecified atom stereocenters. The molecule has 2 aromatic rings. The molecule has 1 aliphatic heterocycles. The van der Waals surface area contributed by atoms with E-state index < -0.39 is 0 Å². The van der Waals surface area contributed by atoms with E-state index in [-0.39, 0.29) is 5.91 Å². The van der Waals surface area contributed by atoms with Crippen LogP contribution in [0.4, 0.5) is 0 Å². The molecule has 1 atom stereocenters. The fourth-order valence-corrected chi connectivity index (χ4v) is 3.17. The van der Waals surface area contributed by atoms with Crippen molar-refractivity contribution in [3.8, 4) is 0 Å². The van der Waals surface area contributed by atoms with Crippen molar-refractivity contribution < 1.29 is 4.79 Å². The molecule has 1 amide bonds. The summed E-state index contributed by atoms with van der Waals surface area (Å²) in [5.41, 5.74) is 2.20. The highest BCUT2D eigenvalue weighted by Gasteiger charge is 2.26. The van der Waals surface area contributed by atoms with E-state index >= 15 is 0 Å². The Kier molecular flexibility index (Phi) is 3.97. The van der Waals surface area contributed by atoms with Crippen LogP contribution in [0.15, 0.2) is 30.5 Å². The van der Waals surface area contributed by atoms with E-state index in [0.717, 1.165) is 42.5 Å². The standard InChI is InChI=1S/C17H23N3O/c1-3-14-12-20(9-8-19(14)2)17(21)10-13-11-18-16-7-5-4-6-15(13)16/h4-7,11,14,18H,3,8-10,12H2,1-2H3. The van der Waals surface area contributed by atoms with Gasteiger partial charge in [-0.05, 0) is 25.1 Å². The van der Waals surface area contributed by atoms with Crippen LogP contribution in [0.25, 0.3) is 10.9 Å². The monoisotopic (exact) mass is 285 g/mol. The molecule has 1 aromatic carbocycles. The lowest BCUT2D eigenvalue weighted by Gasteiger charge is -2.39. The van der Waals surface area contributed by atoms with Crippen LogP contribution in [0.3, 0.4) is 0 Å². The molecule has 0 spiro atoms. The van der Waals surface area contributed by atoms with E-state index in [1.165, 1.54) is 0 Å². The van der Waals surface area contributed by atoms with Crippen molar-refractivity contribution >= 4 is 16.8 Å². The summed E-state index contributed by atoms with van der Waals surface area (Å²) in [5, 5.41) is 1.16. The number of hydrogen-bond donors (Lipinski definition) is 1. The molecule has 3 rings (SSSR count). The SMILES string of the molecule is CCC1CN(C(=O)Cc2c[nH]c3ccccc23)CCN1C. The summed E-state index contributed by atoms with van der Waals surface area (Å²) in [6.45, 7) is 4.86. The van der Waals surface area contributed by atoms with E-state index in [0.29, 0.717) is 12.5 Å². The van der Waals surface area contributed by atoms with Crippen molar-refractivity contribution in [3.63, 3.8) is 0 Å². The lowest BCUT2D eigenvalue weighted by molar-refractivity contribution is -0.133. The topological polar surface area (TPSA) is 39.3 Å². The zero-order chi connectivity index (χ0) is 14.8. The van der Waals surface area contributed by atoms with Crippen LogP contribution < -0.4 is 0 Å². The second-order valence-corrected chi connectivity index (χ2v) is 5.92. The Morgan fingerprint density at radius 1 is 1.33 bits per heavy atom. The fraction of sp³-hybridized carbons (Fsp3) is 0.471. The minimum atomic E-state index is 0.242. The molecule has 0 radical (unpaired) electrons. The summed E-state index contributed by atoms with van der Waals surface area (Å²) in [6, 6.07) is 8.65. The zero-order valence-electron chi connectivity index (χ0n) is 12.8. The van der Waals surface area contributed by atoms with Crippen molar-refractivity contribution in [2.75, 3.05) is 26.7 Å². The lowest BCUT2D eigenvalue weighted by Crippen LogP contribution is -2.53. The van der Waals surface area contributed by atoms with Crippen LogP contribution in [0.2, 0.25) is 0 Å². The summed E-state index contributed by atoms with van der Waals surface area (Å²) in [7, 11) is 2.15. The van der Waals surface area contributed by atoms with Crippen LogP contribution in [0.1, 0.15) is 18.9 Å². The number of hydrogen-bond acceptors (Lipinski definition) is 2. The summed E-state index contributed by atoms with van der Waals surface area (Å²) in [4.78, 5) is 20.2. The molecule has 4 nitrogen and oxygen atoms in total. The third kappa shape index (κ3) is 2.81. The molecule has 1 fully saturated rings. The lowest BCUT2D eigenvalue weighted by atomic mass is 10.1. The van der Waals surface area contributed by atoms with E-state index in [1.54, 1.807) is 0 Å². The van der Waals surface area contributed by atoms with Gasteiger partial charge in [-0.2, -0.15) is 0 Å². The van der Waals surface area contributed by atoms with E-state index in [4.69, 9.17) is 0 Å². The highest BCUT2D eigenvalue weighted by molar-refractivity contribution is 5.88. The van der Waals surface area contributed by atoms with Gasteiger partial charge in [0.1, 0.15) is 0 Å². The number of carbonyl (C=O) groups is 1. The molecule has 2 heterocycles. The maximum atomic E-state index is 12.6. The number of benzene rings is 1. The Bertz CT molecular complexity index is 634. The molecule has 112 valence electrons. The van der Waals surface area contributed by atoms with E-state index in [9.17, 15) is 4.79 Å². The highest BCUT2D eigenvalue weighted by Crippen LogP contribution is 2.19. The summed E-state index contributed by atoms with van der Waals surface area (Å²) in [5.74, 6) is 0.242. The van der Waals surface area contributed by atoms with Crippen molar-refractivity contribution in [3.05, 3.63) is 36.0 Å². The molecular weight excluding hydrogens is 262 g/mol. The molecule has 0 saturated carbocycles. The van der Waals surface area contributed by atoms with Gasteiger partial charge in [0, 0.05) is 42.8 Å². The Morgan fingerprint density at radius 2 is 2.14 bits per heavy atom. The van der Waals surface area contributed by atoms with Crippen LogP contribution in [0.5, 0.6) is 0 Å². The van der Waals surface area contributed by atoms with Gasteiger partial charge in [-0.3, -0.25) is 9.69 Å². The minimum absolute atomic E-state index is 0.242. The summed E-state index contributed by atoms with van der Waals surface area (Å²) in [6.07, 6.45) is 3.55. The molecule has 1 N–H and O–H groups in total. The molecular formula is C17H23N3O. The normalized spacial score (nSPS) is 20.1. The van der Waals surface area contributed by atoms with Crippen LogP contribution in [-0.2, 0) is 11.2 Å². The number of piperazine rings is 1. The second kappa shape index (κ2) is 5.90. The first kappa shape index (κ1) is 14.1. The Morgan fingerprint density at radius 3 is 2.95 bits per heavy atom. The van der Waals surface area contributed by atoms with E-state index in [1.807, 2.05) is 29.3 Å². The highest BCUT2D eigenvalue weighted by atomic mass is 16.2. The maximum absolute atomic E-state index is 12.6. The number of carbonyl (C=O) groups excluding carboxylic acids is 1. The first-order chi connectivity index (χ1) is 10.2. The quantitative estimate of drug-likeness (QED) is 0.939. The largest absolute Gasteiger partial charge is 0.361 e. The van der Waals surface area contributed by atoms with Gasteiger partial charge in [0.15, 0.2) is 0 Å². The molecule has 1 aliphatic rings. The van der Waals surface area contributed by atoms with Gasteiger partial charge in [0.2, 0.25) is 5.91 Å². The molecule has 1 saturated heterocycles. The van der Waals surface area contributed by atoms with Crippen molar-refractivity contribution in [2.24, 2.45) is 0 Å². The zero-order valence-corrected chi connectivity index (χ0v) is 12.8. The number of rotatable bonds is 3. The Labute approximate surface area is 125 Å². The molecule has 4 heteroatoms. The number of fused-ring (bicyclic) bond motifs is 1. The van der Waals surface area contributed by atoms with Gasteiger partial charge in [-0.15, -0.1) is 0 Å². The Balaban J connectivity index is 1.71. The predicted molar refractivity (Wildman–Crippen MR) is 85.3 cm³/mol. The van der Waals surface area contributed by atoms with Crippen LogP contribution in [0, 0.1) is 0 Å². The fourth-order valence-electron chi connectivity index (χ4n) is 3.17. The number of nitrogens with one attached hydrogen (secondary N) is 1. The third-order valence-electron chi connectivity index (χ3n) is 4.62. The number of amides is 1. The average molecular weight is 285 g/mol. The van der Waals surface area contributed by atoms with Gasteiger partial charge in [-0.1, -0.05) is 25.1 Å². The molecule has 0 bridgehead atoms. The van der Waals surface area contributed by atoms with Crippen LogP contribution >= 0.6 is 0 Å². The minimum Gasteiger partial charge on any atom is -0.361 e. The number of aromatic amines is 1. The summed E-state index contributed by atoms with van der Waals surface area (Å²) < 4.78 is 0. The average Bonchev–Trinajstić information content (AvgIpc) is 2.91. The molecule has 1 aromatic heterocycles. The van der Waals surface area contributed by atoms with Gasteiger partial charge < -0.3 is 9.88 Å². The van der Waals surface area contributed by atoms with Gasteiger partial charge in [0.25, 0.3) is 0 Å². The number of likely N-dealkylation sites (N-methyl/N-ethyl adjacent to an activating group) is 1. The smallest absolute Gasteiger partial charge is 0.227 e. The first-order valence-electron chi connectivity index (χ1n) is 7.72. The van der Waals surface area contributed by atoms with Crippen molar-refractivity contribution in [1.29, 1.82) is 0 Å². The molecule has 21 heavy (non-hydrogen) atoms. The number of H-pyrrole nitrogens is 1.